The van der Waals surface area contributed by atoms with Gasteiger partial charge in [0, 0.05) is 18.4 Å². The van der Waals surface area contributed by atoms with Crippen LogP contribution in [0.25, 0.3) is 5.69 Å². The van der Waals surface area contributed by atoms with E-state index in [-0.39, 0.29) is 11.9 Å². The van der Waals surface area contributed by atoms with E-state index in [9.17, 15) is 4.39 Å². The zero-order valence-corrected chi connectivity index (χ0v) is 13.1. The van der Waals surface area contributed by atoms with Crippen LogP contribution in [-0.4, -0.2) is 16.3 Å². The summed E-state index contributed by atoms with van der Waals surface area (Å²) in [5.41, 5.74) is 2.97. The Balaban J connectivity index is 1.67. The first kappa shape index (κ1) is 15.4. The van der Waals surface area contributed by atoms with Crippen molar-refractivity contribution in [3.63, 3.8) is 0 Å². The highest BCUT2D eigenvalue weighted by Crippen LogP contribution is 2.21. The Hall–Kier alpha value is -2.46. The van der Waals surface area contributed by atoms with Crippen molar-refractivity contribution in [1.29, 1.82) is 0 Å². The number of nitrogens with one attached hydrogen (secondary N) is 1. The smallest absolute Gasteiger partial charge is 0.126 e. The third-order valence-electron chi connectivity index (χ3n) is 3.96. The number of benzene rings is 2. The van der Waals surface area contributed by atoms with Crippen molar-refractivity contribution in [2.24, 2.45) is 0 Å². The van der Waals surface area contributed by atoms with E-state index in [1.54, 1.807) is 12.3 Å². The molecule has 0 amide bonds. The topological polar surface area (TPSA) is 29.9 Å². The van der Waals surface area contributed by atoms with Gasteiger partial charge < -0.3 is 5.32 Å². The molecule has 4 heteroatoms. The average molecular weight is 309 g/mol. The minimum Gasteiger partial charge on any atom is -0.310 e. The molecular formula is C19H20FN3. The molecular weight excluding hydrogens is 289 g/mol. The van der Waals surface area contributed by atoms with E-state index < -0.39 is 0 Å². The molecule has 0 saturated carbocycles. The fourth-order valence-electron chi connectivity index (χ4n) is 2.71. The molecule has 3 rings (SSSR count). The van der Waals surface area contributed by atoms with Gasteiger partial charge in [-0.2, -0.15) is 5.10 Å². The maximum Gasteiger partial charge on any atom is 0.126 e. The molecule has 0 aliphatic carbocycles. The number of nitrogens with zero attached hydrogens (tertiary/aromatic N) is 2. The van der Waals surface area contributed by atoms with Gasteiger partial charge in [-0.05, 0) is 49.2 Å². The fourth-order valence-corrected chi connectivity index (χ4v) is 2.71. The summed E-state index contributed by atoms with van der Waals surface area (Å²) >= 11 is 0. The van der Waals surface area contributed by atoms with Gasteiger partial charge in [0.15, 0.2) is 0 Å². The Kier molecular flexibility index (Phi) is 4.83. The van der Waals surface area contributed by atoms with Gasteiger partial charge in [-0.25, -0.2) is 9.07 Å². The second-order valence-corrected chi connectivity index (χ2v) is 5.53. The average Bonchev–Trinajstić information content (AvgIpc) is 3.11. The van der Waals surface area contributed by atoms with Gasteiger partial charge in [-0.3, -0.25) is 0 Å². The van der Waals surface area contributed by atoms with E-state index in [4.69, 9.17) is 0 Å². The Morgan fingerprint density at radius 1 is 1.09 bits per heavy atom. The number of halogens is 1. The Morgan fingerprint density at radius 3 is 2.65 bits per heavy atom. The van der Waals surface area contributed by atoms with Gasteiger partial charge in [0.05, 0.1) is 5.69 Å². The highest BCUT2D eigenvalue weighted by molar-refractivity contribution is 5.42. The van der Waals surface area contributed by atoms with E-state index in [0.29, 0.717) is 6.42 Å². The molecule has 0 fully saturated rings. The monoisotopic (exact) mass is 309 g/mol. The maximum atomic E-state index is 13.6. The molecule has 0 aliphatic rings. The van der Waals surface area contributed by atoms with Gasteiger partial charge >= 0.3 is 0 Å². The van der Waals surface area contributed by atoms with Crippen molar-refractivity contribution in [2.45, 2.75) is 19.4 Å². The lowest BCUT2D eigenvalue weighted by molar-refractivity contribution is 0.557. The summed E-state index contributed by atoms with van der Waals surface area (Å²) in [6.07, 6.45) is 4.37. The zero-order chi connectivity index (χ0) is 16.1. The summed E-state index contributed by atoms with van der Waals surface area (Å²) in [5, 5.41) is 7.78. The van der Waals surface area contributed by atoms with E-state index in [0.717, 1.165) is 17.8 Å². The SMILES string of the molecule is CC(NCCc1ccccc1F)c1ccccc1-n1cccn1. The van der Waals surface area contributed by atoms with Crippen molar-refractivity contribution in [3.8, 4) is 5.69 Å². The molecule has 1 atom stereocenters. The van der Waals surface area contributed by atoms with E-state index in [2.05, 4.69) is 29.5 Å². The molecule has 0 bridgehead atoms. The van der Waals surface area contributed by atoms with Crippen LogP contribution in [0.4, 0.5) is 4.39 Å². The third-order valence-corrected chi connectivity index (χ3v) is 3.96. The Bertz CT molecular complexity index is 753. The maximum absolute atomic E-state index is 13.6. The minimum atomic E-state index is -0.140. The predicted octanol–water partition coefficient (Wildman–Crippen LogP) is 3.90. The van der Waals surface area contributed by atoms with E-state index in [1.165, 1.54) is 11.6 Å². The van der Waals surface area contributed by atoms with Gasteiger partial charge in [0.2, 0.25) is 0 Å². The molecule has 1 aromatic heterocycles. The fraction of sp³-hybridized carbons (Fsp3) is 0.211. The normalized spacial score (nSPS) is 12.3. The lowest BCUT2D eigenvalue weighted by Crippen LogP contribution is -2.23. The lowest BCUT2D eigenvalue weighted by atomic mass is 10.1. The summed E-state index contributed by atoms with van der Waals surface area (Å²) in [4.78, 5) is 0. The summed E-state index contributed by atoms with van der Waals surface area (Å²) in [7, 11) is 0. The molecule has 0 saturated heterocycles. The largest absolute Gasteiger partial charge is 0.310 e. The van der Waals surface area contributed by atoms with Crippen LogP contribution < -0.4 is 5.32 Å². The van der Waals surface area contributed by atoms with Crippen LogP contribution in [0.15, 0.2) is 67.0 Å². The predicted molar refractivity (Wildman–Crippen MR) is 90.1 cm³/mol. The van der Waals surface area contributed by atoms with Crippen molar-refractivity contribution in [1.82, 2.24) is 15.1 Å². The molecule has 118 valence electrons. The first-order chi connectivity index (χ1) is 11.3. The van der Waals surface area contributed by atoms with Gasteiger partial charge in [0.25, 0.3) is 0 Å². The van der Waals surface area contributed by atoms with Gasteiger partial charge in [-0.1, -0.05) is 36.4 Å². The molecule has 0 spiro atoms. The quantitative estimate of drug-likeness (QED) is 0.748. The van der Waals surface area contributed by atoms with E-state index >= 15 is 0 Å². The molecule has 23 heavy (non-hydrogen) atoms. The highest BCUT2D eigenvalue weighted by atomic mass is 19.1. The number of hydrogen-bond acceptors (Lipinski definition) is 2. The summed E-state index contributed by atoms with van der Waals surface area (Å²) in [5.74, 6) is -0.140. The Morgan fingerprint density at radius 2 is 1.87 bits per heavy atom. The number of para-hydroxylation sites is 1. The minimum absolute atomic E-state index is 0.140. The molecule has 3 nitrogen and oxygen atoms in total. The number of rotatable bonds is 6. The van der Waals surface area contributed by atoms with Gasteiger partial charge in [-0.15, -0.1) is 0 Å². The van der Waals surface area contributed by atoms with Crippen LogP contribution in [0, 0.1) is 5.82 Å². The highest BCUT2D eigenvalue weighted by Gasteiger charge is 2.11. The third kappa shape index (κ3) is 3.66. The van der Waals surface area contributed by atoms with Crippen LogP contribution in [0.1, 0.15) is 24.1 Å². The summed E-state index contributed by atoms with van der Waals surface area (Å²) in [6, 6.07) is 17.2. The van der Waals surface area contributed by atoms with Crippen LogP contribution in [0.5, 0.6) is 0 Å². The van der Waals surface area contributed by atoms with Crippen molar-refractivity contribution in [3.05, 3.63) is 83.9 Å². The number of hydrogen-bond donors (Lipinski definition) is 1. The first-order valence-corrected chi connectivity index (χ1v) is 7.81. The second-order valence-electron chi connectivity index (χ2n) is 5.53. The van der Waals surface area contributed by atoms with E-state index in [1.807, 2.05) is 41.2 Å². The van der Waals surface area contributed by atoms with Crippen LogP contribution >= 0.6 is 0 Å². The molecule has 1 N–H and O–H groups in total. The van der Waals surface area contributed by atoms with Gasteiger partial charge in [0.1, 0.15) is 5.82 Å². The molecule has 0 radical (unpaired) electrons. The summed E-state index contributed by atoms with van der Waals surface area (Å²) in [6.45, 7) is 2.83. The van der Waals surface area contributed by atoms with Crippen molar-refractivity contribution < 1.29 is 4.39 Å². The Labute approximate surface area is 135 Å². The molecule has 2 aromatic carbocycles. The van der Waals surface area contributed by atoms with Crippen LogP contribution in [-0.2, 0) is 6.42 Å². The lowest BCUT2D eigenvalue weighted by Gasteiger charge is -2.18. The van der Waals surface area contributed by atoms with Crippen molar-refractivity contribution in [2.75, 3.05) is 6.54 Å². The molecule has 0 aliphatic heterocycles. The molecule has 1 heterocycles. The standard InChI is InChI=1S/C19H20FN3/c1-15(21-13-11-16-7-2-4-9-18(16)20)17-8-3-5-10-19(17)23-14-6-12-22-23/h2-10,12,14-15,21H,11,13H2,1H3. The van der Waals surface area contributed by atoms with Crippen molar-refractivity contribution >= 4 is 0 Å². The summed E-state index contributed by atoms with van der Waals surface area (Å²) < 4.78 is 15.5. The number of aromatic nitrogens is 2. The van der Waals surface area contributed by atoms with Crippen LogP contribution in [0.2, 0.25) is 0 Å². The second kappa shape index (κ2) is 7.20. The van der Waals surface area contributed by atoms with Crippen LogP contribution in [0.3, 0.4) is 0 Å². The molecule has 3 aromatic rings. The molecule has 1 unspecified atom stereocenters. The first-order valence-electron chi connectivity index (χ1n) is 7.81. The zero-order valence-electron chi connectivity index (χ0n) is 13.1.